The van der Waals surface area contributed by atoms with E-state index in [1.54, 1.807) is 0 Å². The van der Waals surface area contributed by atoms with Gasteiger partial charge in [-0.2, -0.15) is 5.10 Å². The fourth-order valence-corrected chi connectivity index (χ4v) is 3.38. The second-order valence-corrected chi connectivity index (χ2v) is 6.40. The Morgan fingerprint density at radius 1 is 1.33 bits per heavy atom. The summed E-state index contributed by atoms with van der Waals surface area (Å²) in [5, 5.41) is 8.12. The van der Waals surface area contributed by atoms with Gasteiger partial charge in [-0.15, -0.1) is 0 Å². The first-order chi connectivity index (χ1) is 10.1. The van der Waals surface area contributed by atoms with E-state index in [1.807, 2.05) is 7.05 Å². The molecule has 0 saturated heterocycles. The van der Waals surface area contributed by atoms with Crippen LogP contribution >= 0.6 is 22.6 Å². The van der Waals surface area contributed by atoms with Gasteiger partial charge in [0.05, 0.1) is 5.69 Å². The summed E-state index contributed by atoms with van der Waals surface area (Å²) in [6.07, 6.45) is 1.96. The molecular weight excluding hydrogens is 373 g/mol. The maximum atomic E-state index is 4.66. The van der Waals surface area contributed by atoms with E-state index in [0.29, 0.717) is 6.04 Å². The van der Waals surface area contributed by atoms with Gasteiger partial charge < -0.3 is 5.32 Å². The van der Waals surface area contributed by atoms with Gasteiger partial charge in [0.25, 0.3) is 0 Å². The van der Waals surface area contributed by atoms with Crippen LogP contribution in [-0.4, -0.2) is 16.8 Å². The molecule has 0 aliphatic rings. The summed E-state index contributed by atoms with van der Waals surface area (Å²) < 4.78 is 3.49. The first-order valence-electron chi connectivity index (χ1n) is 7.58. The molecule has 4 heteroatoms. The highest BCUT2D eigenvalue weighted by atomic mass is 127. The Kier molecular flexibility index (Phi) is 5.81. The average molecular weight is 397 g/mol. The standard InChI is InChI=1S/C17H24IN3/c1-5-13-10-14(21(6-2)20-13)11-16(19-4)15-9-7-8-12(3)17(15)18/h7-10,16,19H,5-6,11H2,1-4H3. The van der Waals surface area contributed by atoms with Gasteiger partial charge in [-0.05, 0) is 67.1 Å². The van der Waals surface area contributed by atoms with Gasteiger partial charge in [0, 0.05) is 28.3 Å². The molecule has 2 aromatic rings. The molecule has 21 heavy (non-hydrogen) atoms. The van der Waals surface area contributed by atoms with Crippen molar-refractivity contribution < 1.29 is 0 Å². The van der Waals surface area contributed by atoms with Gasteiger partial charge in [-0.25, -0.2) is 0 Å². The number of rotatable bonds is 6. The highest BCUT2D eigenvalue weighted by molar-refractivity contribution is 14.1. The van der Waals surface area contributed by atoms with Crippen molar-refractivity contribution in [1.82, 2.24) is 15.1 Å². The van der Waals surface area contributed by atoms with Gasteiger partial charge in [0.15, 0.2) is 0 Å². The minimum absolute atomic E-state index is 0.323. The van der Waals surface area contributed by atoms with Crippen molar-refractivity contribution in [3.8, 4) is 0 Å². The molecule has 2 rings (SSSR count). The van der Waals surface area contributed by atoms with Crippen molar-refractivity contribution in [1.29, 1.82) is 0 Å². The van der Waals surface area contributed by atoms with E-state index in [2.05, 4.69) is 82.7 Å². The van der Waals surface area contributed by atoms with Crippen LogP contribution in [-0.2, 0) is 19.4 Å². The predicted octanol–water partition coefficient (Wildman–Crippen LogP) is 3.88. The number of aryl methyl sites for hydroxylation is 3. The fraction of sp³-hybridized carbons (Fsp3) is 0.471. The molecule has 0 aliphatic heterocycles. The number of benzene rings is 1. The SMILES string of the molecule is CCc1cc(CC(NC)c2cccc(C)c2I)n(CC)n1. The van der Waals surface area contributed by atoms with Crippen molar-refractivity contribution in [2.75, 3.05) is 7.05 Å². The summed E-state index contributed by atoms with van der Waals surface area (Å²) in [6, 6.07) is 9.11. The Hall–Kier alpha value is -0.880. The topological polar surface area (TPSA) is 29.9 Å². The number of halogens is 1. The van der Waals surface area contributed by atoms with Gasteiger partial charge in [0.2, 0.25) is 0 Å². The van der Waals surface area contributed by atoms with Crippen LogP contribution in [0.25, 0.3) is 0 Å². The summed E-state index contributed by atoms with van der Waals surface area (Å²) in [5.41, 5.74) is 5.21. The van der Waals surface area contributed by atoms with Crippen molar-refractivity contribution in [3.63, 3.8) is 0 Å². The van der Waals surface area contributed by atoms with E-state index in [1.165, 1.54) is 26.1 Å². The number of likely N-dealkylation sites (N-methyl/N-ethyl adjacent to an activating group) is 1. The van der Waals surface area contributed by atoms with E-state index >= 15 is 0 Å². The summed E-state index contributed by atoms with van der Waals surface area (Å²) >= 11 is 2.45. The second-order valence-electron chi connectivity index (χ2n) is 5.32. The quantitative estimate of drug-likeness (QED) is 0.750. The fourth-order valence-electron chi connectivity index (χ4n) is 2.64. The third kappa shape index (κ3) is 3.66. The van der Waals surface area contributed by atoms with E-state index in [4.69, 9.17) is 0 Å². The lowest BCUT2D eigenvalue weighted by atomic mass is 10.00. The molecule has 1 heterocycles. The molecule has 0 amide bonds. The summed E-state index contributed by atoms with van der Waals surface area (Å²) in [7, 11) is 2.04. The molecule has 1 aromatic heterocycles. The third-order valence-electron chi connectivity index (χ3n) is 3.93. The molecule has 0 aliphatic carbocycles. The van der Waals surface area contributed by atoms with Crippen LogP contribution in [0.2, 0.25) is 0 Å². The van der Waals surface area contributed by atoms with Crippen molar-refractivity contribution in [2.24, 2.45) is 0 Å². The summed E-state index contributed by atoms with van der Waals surface area (Å²) in [4.78, 5) is 0. The van der Waals surface area contributed by atoms with Gasteiger partial charge >= 0.3 is 0 Å². The lowest BCUT2D eigenvalue weighted by Gasteiger charge is -2.19. The molecule has 0 spiro atoms. The predicted molar refractivity (Wildman–Crippen MR) is 96.7 cm³/mol. The Morgan fingerprint density at radius 3 is 2.71 bits per heavy atom. The zero-order chi connectivity index (χ0) is 15.4. The molecule has 0 fully saturated rings. The largest absolute Gasteiger partial charge is 0.313 e. The van der Waals surface area contributed by atoms with E-state index < -0.39 is 0 Å². The van der Waals surface area contributed by atoms with Crippen LogP contribution in [0.3, 0.4) is 0 Å². The number of hydrogen-bond donors (Lipinski definition) is 1. The highest BCUT2D eigenvalue weighted by Gasteiger charge is 2.17. The van der Waals surface area contributed by atoms with Gasteiger partial charge in [-0.1, -0.05) is 25.1 Å². The molecule has 1 N–H and O–H groups in total. The van der Waals surface area contributed by atoms with E-state index in [-0.39, 0.29) is 0 Å². The lowest BCUT2D eigenvalue weighted by Crippen LogP contribution is -2.21. The third-order valence-corrected chi connectivity index (χ3v) is 5.41. The number of nitrogens with zero attached hydrogens (tertiary/aromatic N) is 2. The Labute approximate surface area is 141 Å². The minimum Gasteiger partial charge on any atom is -0.313 e. The second kappa shape index (κ2) is 7.40. The summed E-state index contributed by atoms with van der Waals surface area (Å²) in [6.45, 7) is 7.41. The molecule has 0 radical (unpaired) electrons. The molecule has 114 valence electrons. The monoisotopic (exact) mass is 397 g/mol. The van der Waals surface area contributed by atoms with Crippen LogP contribution in [0.4, 0.5) is 0 Å². The minimum atomic E-state index is 0.323. The molecule has 1 atom stereocenters. The highest BCUT2D eigenvalue weighted by Crippen LogP contribution is 2.26. The Bertz CT molecular complexity index is 604. The van der Waals surface area contributed by atoms with Crippen LogP contribution < -0.4 is 5.32 Å². The molecular formula is C17H24IN3. The zero-order valence-electron chi connectivity index (χ0n) is 13.3. The molecule has 0 bridgehead atoms. The van der Waals surface area contributed by atoms with Crippen LogP contribution in [0.5, 0.6) is 0 Å². The average Bonchev–Trinajstić information content (AvgIpc) is 2.90. The zero-order valence-corrected chi connectivity index (χ0v) is 15.4. The first-order valence-corrected chi connectivity index (χ1v) is 8.66. The number of hydrogen-bond acceptors (Lipinski definition) is 2. The molecule has 1 aromatic carbocycles. The maximum absolute atomic E-state index is 4.66. The number of aromatic nitrogens is 2. The Balaban J connectivity index is 2.31. The lowest BCUT2D eigenvalue weighted by molar-refractivity contribution is 0.538. The molecule has 1 unspecified atom stereocenters. The molecule has 0 saturated carbocycles. The Morgan fingerprint density at radius 2 is 2.10 bits per heavy atom. The molecule has 3 nitrogen and oxygen atoms in total. The van der Waals surface area contributed by atoms with Crippen LogP contribution in [0, 0.1) is 10.5 Å². The maximum Gasteiger partial charge on any atom is 0.0624 e. The van der Waals surface area contributed by atoms with Gasteiger partial charge in [-0.3, -0.25) is 4.68 Å². The van der Waals surface area contributed by atoms with Crippen molar-refractivity contribution in [3.05, 3.63) is 50.4 Å². The number of nitrogens with one attached hydrogen (secondary N) is 1. The van der Waals surface area contributed by atoms with E-state index in [0.717, 1.165) is 19.4 Å². The van der Waals surface area contributed by atoms with E-state index in [9.17, 15) is 0 Å². The van der Waals surface area contributed by atoms with Crippen LogP contribution in [0.15, 0.2) is 24.3 Å². The van der Waals surface area contributed by atoms with Crippen molar-refractivity contribution in [2.45, 2.75) is 46.2 Å². The van der Waals surface area contributed by atoms with Gasteiger partial charge in [0.1, 0.15) is 0 Å². The van der Waals surface area contributed by atoms with Crippen LogP contribution in [0.1, 0.15) is 42.4 Å². The normalized spacial score (nSPS) is 12.6. The first kappa shape index (κ1) is 16.5. The summed E-state index contributed by atoms with van der Waals surface area (Å²) in [5.74, 6) is 0. The smallest absolute Gasteiger partial charge is 0.0624 e. The van der Waals surface area contributed by atoms with Crippen molar-refractivity contribution >= 4 is 22.6 Å².